The summed E-state index contributed by atoms with van der Waals surface area (Å²) in [6.07, 6.45) is 1.62. The lowest BCUT2D eigenvalue weighted by atomic mass is 10.2. The molecule has 0 spiro atoms. The highest BCUT2D eigenvalue weighted by Gasteiger charge is 2.26. The van der Waals surface area contributed by atoms with Crippen LogP contribution in [-0.2, 0) is 10.0 Å². The van der Waals surface area contributed by atoms with Crippen LogP contribution in [0, 0.1) is 0 Å². The van der Waals surface area contributed by atoms with Crippen molar-refractivity contribution in [3.05, 3.63) is 28.8 Å². The third-order valence-electron chi connectivity index (χ3n) is 3.18. The predicted octanol–water partition coefficient (Wildman–Crippen LogP) is 2.85. The monoisotopic (exact) mass is 319 g/mol. The van der Waals surface area contributed by atoms with Crippen molar-refractivity contribution >= 4 is 27.6 Å². The summed E-state index contributed by atoms with van der Waals surface area (Å²) in [7, 11) is -2.16. The van der Waals surface area contributed by atoms with Crippen molar-refractivity contribution in [2.75, 3.05) is 7.05 Å². The first kappa shape index (κ1) is 16.9. The van der Waals surface area contributed by atoms with Gasteiger partial charge in [-0.15, -0.1) is 0 Å². The molecule has 1 unspecified atom stereocenters. The van der Waals surface area contributed by atoms with Gasteiger partial charge in [0.2, 0.25) is 10.0 Å². The molecule has 20 heavy (non-hydrogen) atoms. The third kappa shape index (κ3) is 3.50. The van der Waals surface area contributed by atoms with E-state index in [1.165, 1.54) is 29.6 Å². The normalized spacial score (nSPS) is 13.4. The van der Waals surface area contributed by atoms with Crippen LogP contribution >= 0.6 is 11.6 Å². The molecule has 0 aliphatic carbocycles. The fourth-order valence-corrected chi connectivity index (χ4v) is 3.58. The van der Waals surface area contributed by atoms with Gasteiger partial charge in [0.25, 0.3) is 0 Å². The Morgan fingerprint density at radius 1 is 1.45 bits per heavy atom. The summed E-state index contributed by atoms with van der Waals surface area (Å²) in [6.45, 7) is 3.81. The molecule has 1 N–H and O–H groups in total. The minimum atomic E-state index is -3.67. The number of carboxylic acid groups (broad SMARTS) is 1. The number of benzene rings is 1. The average Bonchev–Trinajstić information content (AvgIpc) is 2.37. The Labute approximate surface area is 124 Å². The van der Waals surface area contributed by atoms with Gasteiger partial charge in [0.1, 0.15) is 0 Å². The van der Waals surface area contributed by atoms with E-state index in [-0.39, 0.29) is 21.5 Å². The van der Waals surface area contributed by atoms with Crippen LogP contribution in [0.5, 0.6) is 0 Å². The topological polar surface area (TPSA) is 74.7 Å². The van der Waals surface area contributed by atoms with E-state index in [0.29, 0.717) is 0 Å². The zero-order chi connectivity index (χ0) is 15.5. The summed E-state index contributed by atoms with van der Waals surface area (Å²) < 4.78 is 26.1. The Morgan fingerprint density at radius 2 is 2.05 bits per heavy atom. The van der Waals surface area contributed by atoms with Crippen LogP contribution in [0.1, 0.15) is 37.0 Å². The van der Waals surface area contributed by atoms with Gasteiger partial charge in [-0.25, -0.2) is 13.2 Å². The molecule has 0 aliphatic heterocycles. The van der Waals surface area contributed by atoms with Gasteiger partial charge < -0.3 is 5.11 Å². The summed E-state index contributed by atoms with van der Waals surface area (Å²) in [5.41, 5.74) is -0.116. The maximum atomic E-state index is 12.4. The van der Waals surface area contributed by atoms with E-state index >= 15 is 0 Å². The fourth-order valence-electron chi connectivity index (χ4n) is 1.83. The number of nitrogens with zero attached hydrogens (tertiary/aromatic N) is 1. The number of carbonyl (C=O) groups is 1. The van der Waals surface area contributed by atoms with Gasteiger partial charge in [-0.3, -0.25) is 0 Å². The Balaban J connectivity index is 3.16. The number of hydrogen-bond acceptors (Lipinski definition) is 3. The van der Waals surface area contributed by atoms with E-state index in [9.17, 15) is 13.2 Å². The molecule has 5 nitrogen and oxygen atoms in total. The standard InChI is InChI=1S/C13H18ClNO4S/c1-4-5-9(2)15(3)20(18,19)10-6-7-11(13(16)17)12(14)8-10/h6-9H,4-5H2,1-3H3,(H,16,17). The molecule has 1 aromatic carbocycles. The molecule has 1 atom stereocenters. The van der Waals surface area contributed by atoms with E-state index in [2.05, 4.69) is 0 Å². The van der Waals surface area contributed by atoms with Gasteiger partial charge in [-0.05, 0) is 31.5 Å². The molecule has 0 aromatic heterocycles. The molecule has 0 amide bonds. The molecule has 0 radical (unpaired) electrons. The zero-order valence-corrected chi connectivity index (χ0v) is 13.2. The summed E-state index contributed by atoms with van der Waals surface area (Å²) in [5.74, 6) is -1.19. The Kier molecular flexibility index (Phi) is 5.56. The van der Waals surface area contributed by atoms with Crippen LogP contribution in [0.2, 0.25) is 5.02 Å². The second kappa shape index (κ2) is 6.56. The van der Waals surface area contributed by atoms with Crippen molar-refractivity contribution in [3.63, 3.8) is 0 Å². The number of hydrogen-bond donors (Lipinski definition) is 1. The maximum Gasteiger partial charge on any atom is 0.337 e. The molecule has 0 aliphatic rings. The molecule has 0 heterocycles. The quantitative estimate of drug-likeness (QED) is 0.875. The van der Waals surface area contributed by atoms with Crippen molar-refractivity contribution < 1.29 is 18.3 Å². The molecular weight excluding hydrogens is 302 g/mol. The van der Waals surface area contributed by atoms with E-state index in [0.717, 1.165) is 12.8 Å². The fraction of sp³-hybridized carbons (Fsp3) is 0.462. The highest BCUT2D eigenvalue weighted by Crippen LogP contribution is 2.24. The molecule has 112 valence electrons. The van der Waals surface area contributed by atoms with E-state index in [1.54, 1.807) is 0 Å². The number of sulfonamides is 1. The second-order valence-corrected chi connectivity index (χ2v) is 7.01. The third-order valence-corrected chi connectivity index (χ3v) is 5.46. The van der Waals surface area contributed by atoms with Crippen LogP contribution in [0.3, 0.4) is 0 Å². The molecule has 0 saturated heterocycles. The van der Waals surface area contributed by atoms with Gasteiger partial charge in [-0.2, -0.15) is 4.31 Å². The van der Waals surface area contributed by atoms with Crippen LogP contribution < -0.4 is 0 Å². The van der Waals surface area contributed by atoms with E-state index in [1.807, 2.05) is 13.8 Å². The Hall–Kier alpha value is -1.11. The summed E-state index contributed by atoms with van der Waals surface area (Å²) in [4.78, 5) is 10.9. The number of halogens is 1. The largest absolute Gasteiger partial charge is 0.478 e. The van der Waals surface area contributed by atoms with Crippen LogP contribution in [0.4, 0.5) is 0 Å². The molecular formula is C13H18ClNO4S. The van der Waals surface area contributed by atoms with E-state index < -0.39 is 16.0 Å². The maximum absolute atomic E-state index is 12.4. The highest BCUT2D eigenvalue weighted by atomic mass is 35.5. The first-order valence-electron chi connectivity index (χ1n) is 6.22. The number of rotatable bonds is 6. The molecule has 1 rings (SSSR count). The van der Waals surface area contributed by atoms with Gasteiger partial charge in [-0.1, -0.05) is 24.9 Å². The molecule has 1 aromatic rings. The summed E-state index contributed by atoms with van der Waals surface area (Å²) >= 11 is 5.81. The lowest BCUT2D eigenvalue weighted by Gasteiger charge is -2.24. The minimum absolute atomic E-state index is 0.00190. The van der Waals surface area contributed by atoms with Gasteiger partial charge >= 0.3 is 5.97 Å². The first-order chi connectivity index (χ1) is 9.21. The van der Waals surface area contributed by atoms with Gasteiger partial charge in [0.05, 0.1) is 15.5 Å². The number of carboxylic acids is 1. The van der Waals surface area contributed by atoms with E-state index in [4.69, 9.17) is 16.7 Å². The van der Waals surface area contributed by atoms with Crippen molar-refractivity contribution in [1.29, 1.82) is 0 Å². The smallest absolute Gasteiger partial charge is 0.337 e. The summed E-state index contributed by atoms with van der Waals surface area (Å²) in [6, 6.07) is 3.51. The molecule has 0 saturated carbocycles. The molecule has 0 bridgehead atoms. The lowest BCUT2D eigenvalue weighted by molar-refractivity contribution is 0.0697. The van der Waals surface area contributed by atoms with Gasteiger partial charge in [0, 0.05) is 13.1 Å². The van der Waals surface area contributed by atoms with Crippen LogP contribution in [0.25, 0.3) is 0 Å². The lowest BCUT2D eigenvalue weighted by Crippen LogP contribution is -2.35. The van der Waals surface area contributed by atoms with Crippen molar-refractivity contribution in [1.82, 2.24) is 4.31 Å². The zero-order valence-electron chi connectivity index (χ0n) is 11.6. The van der Waals surface area contributed by atoms with Gasteiger partial charge in [0.15, 0.2) is 0 Å². The number of aromatic carboxylic acids is 1. The van der Waals surface area contributed by atoms with Crippen LogP contribution in [0.15, 0.2) is 23.1 Å². The van der Waals surface area contributed by atoms with Crippen molar-refractivity contribution in [2.45, 2.75) is 37.6 Å². The molecule has 7 heteroatoms. The molecule has 0 fully saturated rings. The van der Waals surface area contributed by atoms with Crippen molar-refractivity contribution in [3.8, 4) is 0 Å². The summed E-state index contributed by atoms with van der Waals surface area (Å²) in [5, 5.41) is 8.79. The van der Waals surface area contributed by atoms with Crippen LogP contribution in [-0.4, -0.2) is 36.9 Å². The minimum Gasteiger partial charge on any atom is -0.478 e. The second-order valence-electron chi connectivity index (χ2n) is 4.61. The Bertz CT molecular complexity index is 600. The van der Waals surface area contributed by atoms with Crippen molar-refractivity contribution in [2.24, 2.45) is 0 Å². The Morgan fingerprint density at radius 3 is 2.50 bits per heavy atom. The average molecular weight is 320 g/mol. The predicted molar refractivity (Wildman–Crippen MR) is 77.7 cm³/mol. The first-order valence-corrected chi connectivity index (χ1v) is 8.04. The SMILES string of the molecule is CCCC(C)N(C)S(=O)(=O)c1ccc(C(=O)O)c(Cl)c1. The highest BCUT2D eigenvalue weighted by molar-refractivity contribution is 7.89.